The van der Waals surface area contributed by atoms with Gasteiger partial charge in [-0.15, -0.1) is 0 Å². The van der Waals surface area contributed by atoms with Gasteiger partial charge >= 0.3 is 0 Å². The maximum absolute atomic E-state index is 14.1. The first kappa shape index (κ1) is 13.5. The summed E-state index contributed by atoms with van der Waals surface area (Å²) in [7, 11) is 3.32. The van der Waals surface area contributed by atoms with Crippen LogP contribution in [0, 0.1) is 5.82 Å². The molecule has 0 fully saturated rings. The Morgan fingerprint density at radius 1 is 1.47 bits per heavy atom. The summed E-state index contributed by atoms with van der Waals surface area (Å²) in [5.74, 6) is 1.01. The SMILES string of the molecule is CCn1ccnc1C(NC)c1ccc(OC)cc1F. The second-order valence-corrected chi connectivity index (χ2v) is 4.18. The quantitative estimate of drug-likeness (QED) is 0.900. The minimum absolute atomic E-state index is 0.277. The van der Waals surface area contributed by atoms with Gasteiger partial charge in [0.05, 0.1) is 13.2 Å². The van der Waals surface area contributed by atoms with Gasteiger partial charge in [-0.3, -0.25) is 0 Å². The molecule has 0 bridgehead atoms. The van der Waals surface area contributed by atoms with Gasteiger partial charge in [0.1, 0.15) is 17.4 Å². The third kappa shape index (κ3) is 2.61. The van der Waals surface area contributed by atoms with E-state index in [9.17, 15) is 4.39 Å². The Labute approximate surface area is 112 Å². The minimum Gasteiger partial charge on any atom is -0.497 e. The summed E-state index contributed by atoms with van der Waals surface area (Å²) in [5.41, 5.74) is 0.559. The average molecular weight is 263 g/mol. The number of methoxy groups -OCH3 is 1. The number of aromatic nitrogens is 2. The van der Waals surface area contributed by atoms with Gasteiger partial charge in [-0.05, 0) is 20.0 Å². The predicted molar refractivity (Wildman–Crippen MR) is 71.8 cm³/mol. The normalized spacial score (nSPS) is 12.4. The van der Waals surface area contributed by atoms with Gasteiger partial charge in [0.15, 0.2) is 0 Å². The van der Waals surface area contributed by atoms with Crippen LogP contribution in [0.5, 0.6) is 5.75 Å². The Balaban J connectivity index is 2.42. The summed E-state index contributed by atoms with van der Waals surface area (Å²) in [5, 5.41) is 3.11. The van der Waals surface area contributed by atoms with Crippen molar-refractivity contribution in [3.63, 3.8) is 0 Å². The molecular weight excluding hydrogens is 245 g/mol. The number of nitrogens with one attached hydrogen (secondary N) is 1. The van der Waals surface area contributed by atoms with Gasteiger partial charge in [0.2, 0.25) is 0 Å². The highest BCUT2D eigenvalue weighted by Crippen LogP contribution is 2.26. The van der Waals surface area contributed by atoms with Crippen LogP contribution in [0.3, 0.4) is 0 Å². The molecule has 1 heterocycles. The van der Waals surface area contributed by atoms with Gasteiger partial charge in [0.25, 0.3) is 0 Å². The summed E-state index contributed by atoms with van der Waals surface area (Å²) in [4.78, 5) is 4.32. The van der Waals surface area contributed by atoms with E-state index < -0.39 is 0 Å². The van der Waals surface area contributed by atoms with E-state index in [-0.39, 0.29) is 11.9 Å². The number of halogens is 1. The molecule has 0 aliphatic carbocycles. The molecule has 1 N–H and O–H groups in total. The Kier molecular flexibility index (Phi) is 4.16. The molecule has 0 amide bonds. The molecule has 2 aromatic rings. The Bertz CT molecular complexity index is 553. The van der Waals surface area contributed by atoms with Crippen molar-refractivity contribution < 1.29 is 9.13 Å². The smallest absolute Gasteiger partial charge is 0.132 e. The summed E-state index contributed by atoms with van der Waals surface area (Å²) < 4.78 is 21.2. The fourth-order valence-corrected chi connectivity index (χ4v) is 2.14. The van der Waals surface area contributed by atoms with Crippen molar-refractivity contribution in [3.8, 4) is 5.75 Å². The first-order valence-electron chi connectivity index (χ1n) is 6.23. The lowest BCUT2D eigenvalue weighted by molar-refractivity contribution is 0.410. The fraction of sp³-hybridized carbons (Fsp3) is 0.357. The van der Waals surface area contributed by atoms with E-state index in [4.69, 9.17) is 4.74 Å². The molecule has 2 rings (SSSR count). The predicted octanol–water partition coefficient (Wildman–Crippen LogP) is 2.36. The van der Waals surface area contributed by atoms with Crippen molar-refractivity contribution >= 4 is 0 Å². The molecule has 1 aromatic heterocycles. The van der Waals surface area contributed by atoms with E-state index in [0.29, 0.717) is 11.3 Å². The van der Waals surface area contributed by atoms with E-state index in [1.54, 1.807) is 25.4 Å². The molecule has 4 nitrogen and oxygen atoms in total. The van der Waals surface area contributed by atoms with Gasteiger partial charge in [-0.2, -0.15) is 0 Å². The van der Waals surface area contributed by atoms with Crippen molar-refractivity contribution in [3.05, 3.63) is 47.8 Å². The first-order chi connectivity index (χ1) is 9.21. The highest BCUT2D eigenvalue weighted by Gasteiger charge is 2.20. The van der Waals surface area contributed by atoms with Crippen molar-refractivity contribution in [2.24, 2.45) is 0 Å². The minimum atomic E-state index is -0.302. The van der Waals surface area contributed by atoms with Crippen molar-refractivity contribution in [1.29, 1.82) is 0 Å². The number of hydrogen-bond acceptors (Lipinski definition) is 3. The molecule has 0 saturated carbocycles. The second-order valence-electron chi connectivity index (χ2n) is 4.18. The standard InChI is InChI=1S/C14H18FN3O/c1-4-18-8-7-17-14(18)13(16-2)11-6-5-10(19-3)9-12(11)15/h5-9,13,16H,4H2,1-3H3. The molecule has 0 spiro atoms. The summed E-state index contributed by atoms with van der Waals surface area (Å²) >= 11 is 0. The number of rotatable bonds is 5. The number of imidazole rings is 1. The van der Waals surface area contributed by atoms with E-state index in [2.05, 4.69) is 10.3 Å². The molecule has 1 unspecified atom stereocenters. The van der Waals surface area contributed by atoms with Crippen molar-refractivity contribution in [2.45, 2.75) is 19.5 Å². The van der Waals surface area contributed by atoms with E-state index >= 15 is 0 Å². The lowest BCUT2D eigenvalue weighted by atomic mass is 10.1. The fourth-order valence-electron chi connectivity index (χ4n) is 2.14. The van der Waals surface area contributed by atoms with Gasteiger partial charge < -0.3 is 14.6 Å². The molecule has 0 aliphatic rings. The lowest BCUT2D eigenvalue weighted by Crippen LogP contribution is -2.22. The van der Waals surface area contributed by atoms with E-state index in [0.717, 1.165) is 12.4 Å². The maximum Gasteiger partial charge on any atom is 0.132 e. The van der Waals surface area contributed by atoms with Crippen LogP contribution in [0.1, 0.15) is 24.4 Å². The molecule has 0 saturated heterocycles. The van der Waals surface area contributed by atoms with Crippen LogP contribution in [-0.4, -0.2) is 23.7 Å². The molecule has 5 heteroatoms. The Hall–Kier alpha value is -1.88. The van der Waals surface area contributed by atoms with Crippen LogP contribution in [0.15, 0.2) is 30.6 Å². The second kappa shape index (κ2) is 5.84. The maximum atomic E-state index is 14.1. The summed E-state index contributed by atoms with van der Waals surface area (Å²) in [6, 6.07) is 4.59. The number of hydrogen-bond donors (Lipinski definition) is 1. The zero-order valence-corrected chi connectivity index (χ0v) is 11.4. The Morgan fingerprint density at radius 2 is 2.26 bits per heavy atom. The highest BCUT2D eigenvalue weighted by molar-refractivity contribution is 5.33. The third-order valence-electron chi connectivity index (χ3n) is 3.15. The number of benzene rings is 1. The molecule has 0 radical (unpaired) electrons. The van der Waals surface area contributed by atoms with Crippen LogP contribution in [-0.2, 0) is 6.54 Å². The van der Waals surface area contributed by atoms with Crippen LogP contribution >= 0.6 is 0 Å². The summed E-state index contributed by atoms with van der Waals surface area (Å²) in [6.07, 6.45) is 3.62. The third-order valence-corrected chi connectivity index (χ3v) is 3.15. The molecule has 1 aromatic carbocycles. The topological polar surface area (TPSA) is 39.1 Å². The monoisotopic (exact) mass is 263 g/mol. The number of ether oxygens (including phenoxy) is 1. The molecule has 1 atom stereocenters. The molecule has 0 aliphatic heterocycles. The van der Waals surface area contributed by atoms with Crippen LogP contribution in [0.4, 0.5) is 4.39 Å². The lowest BCUT2D eigenvalue weighted by Gasteiger charge is -2.18. The number of nitrogens with zero attached hydrogens (tertiary/aromatic N) is 2. The largest absolute Gasteiger partial charge is 0.497 e. The van der Waals surface area contributed by atoms with Crippen molar-refractivity contribution in [2.75, 3.05) is 14.2 Å². The first-order valence-corrected chi connectivity index (χ1v) is 6.23. The van der Waals surface area contributed by atoms with Crippen molar-refractivity contribution in [1.82, 2.24) is 14.9 Å². The van der Waals surface area contributed by atoms with E-state index in [1.807, 2.05) is 17.7 Å². The zero-order chi connectivity index (χ0) is 13.8. The van der Waals surface area contributed by atoms with E-state index in [1.165, 1.54) is 13.2 Å². The summed E-state index contributed by atoms with van der Waals surface area (Å²) in [6.45, 7) is 2.83. The average Bonchev–Trinajstić information content (AvgIpc) is 2.89. The number of aryl methyl sites for hydroxylation is 1. The van der Waals surface area contributed by atoms with Gasteiger partial charge in [-0.25, -0.2) is 9.37 Å². The molecule has 102 valence electrons. The molecular formula is C14H18FN3O. The van der Waals surface area contributed by atoms with Crippen LogP contribution < -0.4 is 10.1 Å². The molecule has 19 heavy (non-hydrogen) atoms. The highest BCUT2D eigenvalue weighted by atomic mass is 19.1. The van der Waals surface area contributed by atoms with Crippen LogP contribution in [0.2, 0.25) is 0 Å². The van der Waals surface area contributed by atoms with Gasteiger partial charge in [-0.1, -0.05) is 6.07 Å². The Morgan fingerprint density at radius 3 is 2.84 bits per heavy atom. The zero-order valence-electron chi connectivity index (χ0n) is 11.4. The van der Waals surface area contributed by atoms with Crippen LogP contribution in [0.25, 0.3) is 0 Å². The van der Waals surface area contributed by atoms with Gasteiger partial charge in [0, 0.05) is 30.6 Å².